The molecule has 0 fully saturated rings. The van der Waals surface area contributed by atoms with E-state index in [0.29, 0.717) is 29.2 Å². The summed E-state index contributed by atoms with van der Waals surface area (Å²) >= 11 is 0. The lowest BCUT2D eigenvalue weighted by atomic mass is 10.00. The number of carbonyl (C=O) groups is 2. The van der Waals surface area contributed by atoms with Gasteiger partial charge in [-0.1, -0.05) is 30.0 Å². The molecular weight excluding hydrogens is 458 g/mol. The first-order valence-corrected chi connectivity index (χ1v) is 11.6. The second-order valence-corrected chi connectivity index (χ2v) is 9.38. The molecule has 2 amide bonds. The molecule has 186 valence electrons. The molecule has 1 unspecified atom stereocenters. The average molecular weight is 488 g/mol. The maximum absolute atomic E-state index is 13.1. The van der Waals surface area contributed by atoms with Crippen LogP contribution in [-0.4, -0.2) is 57.4 Å². The van der Waals surface area contributed by atoms with Crippen LogP contribution in [0.5, 0.6) is 5.75 Å². The van der Waals surface area contributed by atoms with Crippen molar-refractivity contribution in [2.24, 2.45) is 0 Å². The summed E-state index contributed by atoms with van der Waals surface area (Å²) in [5.41, 5.74) is 3.40. The van der Waals surface area contributed by atoms with Gasteiger partial charge in [-0.3, -0.25) is 14.7 Å². The second kappa shape index (κ2) is 9.84. The van der Waals surface area contributed by atoms with E-state index in [4.69, 9.17) is 4.74 Å². The molecule has 1 aliphatic heterocycles. The van der Waals surface area contributed by atoms with Crippen LogP contribution in [0.25, 0.3) is 0 Å². The monoisotopic (exact) mass is 487 g/mol. The minimum absolute atomic E-state index is 0.0439. The first-order valence-electron chi connectivity index (χ1n) is 11.6. The van der Waals surface area contributed by atoms with Crippen molar-refractivity contribution in [1.82, 2.24) is 20.5 Å². The summed E-state index contributed by atoms with van der Waals surface area (Å²) in [4.78, 5) is 31.7. The van der Waals surface area contributed by atoms with Gasteiger partial charge in [0.05, 0.1) is 5.69 Å². The molecule has 0 spiro atoms. The maximum Gasteiger partial charge on any atom is 0.291 e. The Kier molecular flexibility index (Phi) is 6.82. The summed E-state index contributed by atoms with van der Waals surface area (Å²) < 4.78 is 5.83. The van der Waals surface area contributed by atoms with Crippen molar-refractivity contribution in [3.05, 3.63) is 70.3 Å². The number of anilines is 1. The van der Waals surface area contributed by atoms with Gasteiger partial charge in [-0.05, 0) is 62.6 Å². The number of hydrogen-bond donors (Lipinski definition) is 3. The molecule has 9 heteroatoms. The lowest BCUT2D eigenvalue weighted by Gasteiger charge is -2.20. The zero-order valence-corrected chi connectivity index (χ0v) is 21.0. The SMILES string of the molecule is Cc1cccc(C)c1Cc1nc(C(=O)NC2COc3ccc(C#CC(C)(C)O)cc3N(C)C2=O)n[nH]1. The number of ether oxygens (including phenoxy) is 1. The summed E-state index contributed by atoms with van der Waals surface area (Å²) in [5.74, 6) is 5.74. The zero-order chi connectivity index (χ0) is 26.0. The molecule has 1 aliphatic rings. The number of hydrogen-bond acceptors (Lipinski definition) is 6. The molecule has 0 saturated heterocycles. The minimum Gasteiger partial charge on any atom is -0.489 e. The van der Waals surface area contributed by atoms with Crippen LogP contribution in [0.3, 0.4) is 0 Å². The molecule has 9 nitrogen and oxygen atoms in total. The standard InChI is InChI=1S/C27H29N5O4/c1-16-7-6-8-17(2)19(16)14-23-29-24(31-30-23)25(33)28-20-15-36-22-10-9-18(11-12-27(3,4)35)13-21(22)32(5)26(20)34/h6-10,13,20,35H,14-15H2,1-5H3,(H,28,33)(H,29,30,31). The number of aromatic nitrogens is 3. The van der Waals surface area contributed by atoms with Gasteiger partial charge in [0.2, 0.25) is 5.82 Å². The van der Waals surface area contributed by atoms with Crippen molar-refractivity contribution in [1.29, 1.82) is 0 Å². The van der Waals surface area contributed by atoms with Crippen LogP contribution in [0, 0.1) is 25.7 Å². The van der Waals surface area contributed by atoms with Gasteiger partial charge in [0.25, 0.3) is 11.8 Å². The summed E-state index contributed by atoms with van der Waals surface area (Å²) in [6, 6.07) is 10.3. The van der Waals surface area contributed by atoms with E-state index in [1.54, 1.807) is 39.1 Å². The highest BCUT2D eigenvalue weighted by molar-refractivity contribution is 6.02. The molecule has 2 aromatic carbocycles. The van der Waals surface area contributed by atoms with Crippen LogP contribution in [0.1, 0.15) is 52.5 Å². The normalized spacial score (nSPS) is 15.3. The topological polar surface area (TPSA) is 120 Å². The van der Waals surface area contributed by atoms with Crippen molar-refractivity contribution in [2.75, 3.05) is 18.6 Å². The second-order valence-electron chi connectivity index (χ2n) is 9.38. The largest absolute Gasteiger partial charge is 0.489 e. The molecule has 3 aromatic rings. The predicted octanol–water partition coefficient (Wildman–Crippen LogP) is 2.29. The van der Waals surface area contributed by atoms with Gasteiger partial charge in [0.1, 0.15) is 29.8 Å². The Balaban J connectivity index is 1.47. The summed E-state index contributed by atoms with van der Waals surface area (Å²) in [6.07, 6.45) is 0.515. The van der Waals surface area contributed by atoms with E-state index in [0.717, 1.165) is 16.7 Å². The quantitative estimate of drug-likeness (QED) is 0.486. The van der Waals surface area contributed by atoms with Crippen LogP contribution in [0.4, 0.5) is 5.69 Å². The first-order chi connectivity index (χ1) is 17.0. The number of amides is 2. The van der Waals surface area contributed by atoms with E-state index < -0.39 is 17.6 Å². The molecule has 0 bridgehead atoms. The molecule has 2 heterocycles. The molecule has 0 saturated carbocycles. The number of H-pyrrole nitrogens is 1. The molecule has 0 aliphatic carbocycles. The third-order valence-electron chi connectivity index (χ3n) is 5.90. The number of benzene rings is 2. The van der Waals surface area contributed by atoms with Crippen LogP contribution in [-0.2, 0) is 11.2 Å². The maximum atomic E-state index is 13.1. The van der Waals surface area contributed by atoms with Gasteiger partial charge < -0.3 is 20.1 Å². The Bertz CT molecular complexity index is 1360. The molecule has 1 aromatic heterocycles. The fourth-order valence-electron chi connectivity index (χ4n) is 3.90. The fraction of sp³-hybridized carbons (Fsp3) is 0.333. The Morgan fingerprint density at radius 3 is 2.69 bits per heavy atom. The van der Waals surface area contributed by atoms with Crippen molar-refractivity contribution in [3.8, 4) is 17.6 Å². The lowest BCUT2D eigenvalue weighted by molar-refractivity contribution is -0.120. The molecular formula is C27H29N5O4. The number of nitrogens with zero attached hydrogens (tertiary/aromatic N) is 3. The Labute approximate surface area is 209 Å². The number of nitrogens with one attached hydrogen (secondary N) is 2. The first kappa shape index (κ1) is 24.9. The van der Waals surface area contributed by atoms with E-state index in [-0.39, 0.29) is 18.3 Å². The zero-order valence-electron chi connectivity index (χ0n) is 21.0. The van der Waals surface area contributed by atoms with Gasteiger partial charge >= 0.3 is 0 Å². The van der Waals surface area contributed by atoms with E-state index >= 15 is 0 Å². The number of likely N-dealkylation sites (N-methyl/N-ethyl adjacent to an activating group) is 1. The van der Waals surface area contributed by atoms with Crippen LogP contribution < -0.4 is 15.0 Å². The van der Waals surface area contributed by atoms with Crippen molar-refractivity contribution >= 4 is 17.5 Å². The van der Waals surface area contributed by atoms with Gasteiger partial charge in [0, 0.05) is 19.0 Å². The van der Waals surface area contributed by atoms with Gasteiger partial charge in [-0.15, -0.1) is 5.10 Å². The Morgan fingerprint density at radius 2 is 2.00 bits per heavy atom. The Hall–Kier alpha value is -4.16. The third kappa shape index (κ3) is 5.56. The molecule has 4 rings (SSSR count). The number of aromatic amines is 1. The number of aryl methyl sites for hydroxylation is 2. The van der Waals surface area contributed by atoms with Crippen molar-refractivity contribution in [3.63, 3.8) is 0 Å². The van der Waals surface area contributed by atoms with Crippen molar-refractivity contribution < 1.29 is 19.4 Å². The Morgan fingerprint density at radius 1 is 1.28 bits per heavy atom. The van der Waals surface area contributed by atoms with Crippen LogP contribution >= 0.6 is 0 Å². The summed E-state index contributed by atoms with van der Waals surface area (Å²) in [5, 5.41) is 19.4. The highest BCUT2D eigenvalue weighted by atomic mass is 16.5. The molecule has 1 atom stereocenters. The predicted molar refractivity (Wildman–Crippen MR) is 135 cm³/mol. The van der Waals surface area contributed by atoms with E-state index in [2.05, 4.69) is 32.3 Å². The highest BCUT2D eigenvalue weighted by Crippen LogP contribution is 2.31. The smallest absolute Gasteiger partial charge is 0.291 e. The number of rotatable bonds is 4. The minimum atomic E-state index is -1.14. The van der Waals surface area contributed by atoms with Crippen LogP contribution in [0.15, 0.2) is 36.4 Å². The molecule has 3 N–H and O–H groups in total. The fourth-order valence-corrected chi connectivity index (χ4v) is 3.90. The molecule has 36 heavy (non-hydrogen) atoms. The third-order valence-corrected chi connectivity index (χ3v) is 5.90. The number of aliphatic hydroxyl groups is 1. The van der Waals surface area contributed by atoms with Crippen molar-refractivity contribution in [2.45, 2.75) is 45.8 Å². The lowest BCUT2D eigenvalue weighted by Crippen LogP contribution is -2.49. The number of fused-ring (bicyclic) bond motifs is 1. The average Bonchev–Trinajstić information content (AvgIpc) is 3.26. The van der Waals surface area contributed by atoms with E-state index in [9.17, 15) is 14.7 Å². The number of carbonyl (C=O) groups excluding carboxylic acids is 2. The molecule has 0 radical (unpaired) electrons. The van der Waals surface area contributed by atoms with Gasteiger partial charge in [-0.25, -0.2) is 4.98 Å². The summed E-state index contributed by atoms with van der Waals surface area (Å²) in [6.45, 7) is 7.20. The highest BCUT2D eigenvalue weighted by Gasteiger charge is 2.31. The summed E-state index contributed by atoms with van der Waals surface area (Å²) in [7, 11) is 1.61. The van der Waals surface area contributed by atoms with Gasteiger partial charge in [0.15, 0.2) is 0 Å². The van der Waals surface area contributed by atoms with Crippen LogP contribution in [0.2, 0.25) is 0 Å². The van der Waals surface area contributed by atoms with E-state index in [1.807, 2.05) is 32.0 Å². The van der Waals surface area contributed by atoms with E-state index in [1.165, 1.54) is 4.90 Å². The van der Waals surface area contributed by atoms with Gasteiger partial charge in [-0.2, -0.15) is 0 Å².